The van der Waals surface area contributed by atoms with E-state index in [2.05, 4.69) is 10.3 Å². The maximum atomic E-state index is 12.2. The molecule has 23 heavy (non-hydrogen) atoms. The Morgan fingerprint density at radius 3 is 2.74 bits per heavy atom. The molecule has 1 amide bonds. The molecule has 9 heteroatoms. The lowest BCUT2D eigenvalue weighted by Gasteiger charge is -2.32. The van der Waals surface area contributed by atoms with Crippen LogP contribution in [-0.2, 0) is 32.5 Å². The number of aromatic nitrogens is 3. The molecule has 1 saturated carbocycles. The van der Waals surface area contributed by atoms with E-state index in [0.717, 1.165) is 24.2 Å². The van der Waals surface area contributed by atoms with E-state index in [1.807, 2.05) is 4.68 Å². The summed E-state index contributed by atoms with van der Waals surface area (Å²) in [4.78, 5) is 13.8. The van der Waals surface area contributed by atoms with E-state index in [-0.39, 0.29) is 5.92 Å². The van der Waals surface area contributed by atoms with Crippen LogP contribution < -0.4 is 0 Å². The molecule has 1 aromatic rings. The minimum absolute atomic E-state index is 0.0268. The van der Waals surface area contributed by atoms with Crippen LogP contribution in [0.3, 0.4) is 0 Å². The fourth-order valence-electron chi connectivity index (χ4n) is 3.03. The van der Waals surface area contributed by atoms with Crippen molar-refractivity contribution < 1.29 is 17.9 Å². The molecule has 3 rings (SSSR count). The van der Waals surface area contributed by atoms with E-state index in [0.29, 0.717) is 25.6 Å². The molecule has 1 fully saturated rings. The first-order valence-corrected chi connectivity index (χ1v) is 9.80. The Hall–Kier alpha value is -1.48. The first kappa shape index (κ1) is 16.4. The van der Waals surface area contributed by atoms with Gasteiger partial charge in [0.25, 0.3) is 0 Å². The van der Waals surface area contributed by atoms with E-state index in [1.165, 1.54) is 12.8 Å². The Kier molecular flexibility index (Phi) is 4.41. The molecule has 0 aromatic carbocycles. The second-order valence-electron chi connectivity index (χ2n) is 6.54. The molecule has 128 valence electrons. The van der Waals surface area contributed by atoms with Crippen LogP contribution in [0.25, 0.3) is 0 Å². The van der Waals surface area contributed by atoms with Gasteiger partial charge >= 0.3 is 0 Å². The molecule has 0 N–H and O–H groups in total. The van der Waals surface area contributed by atoms with Gasteiger partial charge in [-0.15, -0.1) is 5.10 Å². The molecule has 0 spiro atoms. The number of nitrogens with zero attached hydrogens (tertiary/aromatic N) is 4. The van der Waals surface area contributed by atoms with Gasteiger partial charge in [-0.05, 0) is 18.8 Å². The van der Waals surface area contributed by atoms with Gasteiger partial charge in [-0.2, -0.15) is 0 Å². The molecule has 1 unspecified atom stereocenters. The molecule has 1 aromatic heterocycles. The maximum absolute atomic E-state index is 12.2. The van der Waals surface area contributed by atoms with Crippen molar-refractivity contribution in [2.24, 2.45) is 5.92 Å². The van der Waals surface area contributed by atoms with E-state index < -0.39 is 21.5 Å². The van der Waals surface area contributed by atoms with Crippen molar-refractivity contribution in [2.45, 2.75) is 31.8 Å². The number of sulfone groups is 1. The van der Waals surface area contributed by atoms with Crippen LogP contribution >= 0.6 is 0 Å². The number of carbonyl (C=O) groups excluding carboxylic acids is 1. The van der Waals surface area contributed by atoms with E-state index in [9.17, 15) is 13.2 Å². The molecule has 8 nitrogen and oxygen atoms in total. The van der Waals surface area contributed by atoms with Gasteiger partial charge in [-0.25, -0.2) is 13.1 Å². The zero-order valence-electron chi connectivity index (χ0n) is 13.4. The van der Waals surface area contributed by atoms with Crippen LogP contribution in [0.15, 0.2) is 0 Å². The van der Waals surface area contributed by atoms with Gasteiger partial charge in [0.05, 0.1) is 18.8 Å². The molecule has 1 aliphatic carbocycles. The second kappa shape index (κ2) is 6.20. The lowest BCUT2D eigenvalue weighted by Crippen LogP contribution is -2.42. The van der Waals surface area contributed by atoms with Crippen LogP contribution in [0.5, 0.6) is 0 Å². The summed E-state index contributed by atoms with van der Waals surface area (Å²) in [5, 5.41) is 8.45. The quantitative estimate of drug-likeness (QED) is 0.711. The summed E-state index contributed by atoms with van der Waals surface area (Å²) in [5.41, 5.74) is 1.78. The maximum Gasteiger partial charge on any atom is 0.238 e. The number of amides is 1. The minimum Gasteiger partial charge on any atom is -0.384 e. The highest BCUT2D eigenvalue weighted by atomic mass is 32.2. The van der Waals surface area contributed by atoms with Gasteiger partial charge in [0.15, 0.2) is 9.84 Å². The number of hydrogen-bond acceptors (Lipinski definition) is 6. The predicted molar refractivity (Wildman–Crippen MR) is 82.5 cm³/mol. The van der Waals surface area contributed by atoms with Gasteiger partial charge in [0.1, 0.15) is 11.4 Å². The summed E-state index contributed by atoms with van der Waals surface area (Å²) in [6.45, 7) is 2.06. The molecule has 0 radical (unpaired) electrons. The molecule has 2 aliphatic rings. The average molecular weight is 342 g/mol. The average Bonchev–Trinajstić information content (AvgIpc) is 3.17. The van der Waals surface area contributed by atoms with Gasteiger partial charge < -0.3 is 9.64 Å². The summed E-state index contributed by atoms with van der Waals surface area (Å²) in [5.74, 6) is -0.219. The third-order valence-corrected chi connectivity index (χ3v) is 5.02. The highest BCUT2D eigenvalue weighted by Gasteiger charge is 2.35. The second-order valence-corrected chi connectivity index (χ2v) is 8.68. The molecule has 2 heterocycles. The van der Waals surface area contributed by atoms with Crippen molar-refractivity contribution in [1.82, 2.24) is 19.9 Å². The Morgan fingerprint density at radius 1 is 1.39 bits per heavy atom. The molecular formula is C14H22N4O4S. The van der Waals surface area contributed by atoms with Crippen LogP contribution in [0.2, 0.25) is 0 Å². The largest absolute Gasteiger partial charge is 0.384 e. The van der Waals surface area contributed by atoms with Crippen molar-refractivity contribution in [2.75, 3.05) is 32.3 Å². The number of carbonyl (C=O) groups is 1. The number of fused-ring (bicyclic) bond motifs is 1. The Balaban J connectivity index is 1.81. The van der Waals surface area contributed by atoms with Crippen molar-refractivity contribution in [3.8, 4) is 0 Å². The number of methoxy groups -OCH3 is 1. The van der Waals surface area contributed by atoms with Crippen LogP contribution in [0, 0.1) is 5.92 Å². The van der Waals surface area contributed by atoms with E-state index in [4.69, 9.17) is 4.74 Å². The summed E-state index contributed by atoms with van der Waals surface area (Å²) >= 11 is 0. The van der Waals surface area contributed by atoms with Gasteiger partial charge in [-0.1, -0.05) is 5.21 Å². The Morgan fingerprint density at radius 2 is 2.13 bits per heavy atom. The third kappa shape index (κ3) is 3.89. The van der Waals surface area contributed by atoms with Crippen LogP contribution in [0.4, 0.5) is 0 Å². The molecular weight excluding hydrogens is 320 g/mol. The Labute approximate surface area is 135 Å². The summed E-state index contributed by atoms with van der Waals surface area (Å²) < 4.78 is 30.0. The summed E-state index contributed by atoms with van der Waals surface area (Å²) in [6.07, 6.45) is 3.52. The van der Waals surface area contributed by atoms with Crippen molar-refractivity contribution in [3.63, 3.8) is 0 Å². The predicted octanol–water partition coefficient (Wildman–Crippen LogP) is -0.195. The fraction of sp³-hybridized carbons (Fsp3) is 0.786. The SMILES string of the molecule is COCC1CN(C(=O)CS(C)(=O)=O)Cc2nnn(CC3CC3)c21. The smallest absolute Gasteiger partial charge is 0.238 e. The van der Waals surface area contributed by atoms with Crippen molar-refractivity contribution >= 4 is 15.7 Å². The van der Waals surface area contributed by atoms with Crippen molar-refractivity contribution in [1.29, 1.82) is 0 Å². The normalized spacial score (nSPS) is 21.3. The van der Waals surface area contributed by atoms with Crippen molar-refractivity contribution in [3.05, 3.63) is 11.4 Å². The molecule has 0 bridgehead atoms. The van der Waals surface area contributed by atoms with Crippen LogP contribution in [0.1, 0.15) is 30.1 Å². The standard InChI is InChI=1S/C14H22N4O4S/c1-22-8-11-6-17(13(19)9-23(2,20)21)7-12-14(11)18(16-15-12)5-10-3-4-10/h10-11H,3-9H2,1-2H3. The highest BCUT2D eigenvalue weighted by Crippen LogP contribution is 2.33. The van der Waals surface area contributed by atoms with E-state index in [1.54, 1.807) is 12.0 Å². The van der Waals surface area contributed by atoms with E-state index >= 15 is 0 Å². The summed E-state index contributed by atoms with van der Waals surface area (Å²) in [6, 6.07) is 0. The fourth-order valence-corrected chi connectivity index (χ4v) is 3.66. The highest BCUT2D eigenvalue weighted by molar-refractivity contribution is 7.91. The van der Waals surface area contributed by atoms with Gasteiger partial charge in [0, 0.05) is 32.4 Å². The topological polar surface area (TPSA) is 94.4 Å². The lowest BCUT2D eigenvalue weighted by molar-refractivity contribution is -0.130. The molecule has 1 atom stereocenters. The lowest BCUT2D eigenvalue weighted by atomic mass is 9.98. The van der Waals surface area contributed by atoms with Gasteiger partial charge in [0.2, 0.25) is 5.91 Å². The van der Waals surface area contributed by atoms with Crippen LogP contribution in [-0.4, -0.2) is 66.5 Å². The molecule has 1 aliphatic heterocycles. The first-order valence-electron chi connectivity index (χ1n) is 7.74. The number of ether oxygens (including phenoxy) is 1. The first-order chi connectivity index (χ1) is 10.9. The monoisotopic (exact) mass is 342 g/mol. The zero-order chi connectivity index (χ0) is 16.6. The number of rotatable bonds is 6. The number of hydrogen-bond donors (Lipinski definition) is 0. The Bertz CT molecular complexity index is 696. The summed E-state index contributed by atoms with van der Waals surface area (Å²) in [7, 11) is -1.73. The third-order valence-electron chi connectivity index (χ3n) is 4.25. The minimum atomic E-state index is -3.35. The zero-order valence-corrected chi connectivity index (χ0v) is 14.3. The van der Waals surface area contributed by atoms with Gasteiger partial charge in [-0.3, -0.25) is 4.79 Å². The molecule has 0 saturated heterocycles.